The molecule has 0 spiro atoms. The lowest BCUT2D eigenvalue weighted by Crippen LogP contribution is -2.36. The number of halogens is 1. The van der Waals surface area contributed by atoms with Gasteiger partial charge in [-0.05, 0) is 40.3 Å². The van der Waals surface area contributed by atoms with Crippen molar-refractivity contribution in [1.29, 1.82) is 0 Å². The fourth-order valence-electron chi connectivity index (χ4n) is 2.83. The number of benzene rings is 1. The molecule has 0 radical (unpaired) electrons. The van der Waals surface area contributed by atoms with Gasteiger partial charge in [0, 0.05) is 31.4 Å². The molecule has 1 aromatic carbocycles. The van der Waals surface area contributed by atoms with Crippen LogP contribution in [0.1, 0.15) is 11.4 Å². The van der Waals surface area contributed by atoms with E-state index in [4.69, 9.17) is 4.74 Å². The second-order valence-electron chi connectivity index (χ2n) is 5.63. The van der Waals surface area contributed by atoms with Crippen molar-refractivity contribution in [1.82, 2.24) is 15.0 Å². The van der Waals surface area contributed by atoms with Gasteiger partial charge in [-0.1, -0.05) is 12.1 Å². The first-order chi connectivity index (χ1) is 11.3. The van der Waals surface area contributed by atoms with Crippen molar-refractivity contribution >= 4 is 39.3 Å². The number of nitrogens with one attached hydrogen (secondary N) is 1. The summed E-state index contributed by atoms with van der Waals surface area (Å²) in [6.45, 7) is 3.55. The zero-order chi connectivity index (χ0) is 15.6. The molecule has 3 aromatic rings. The van der Waals surface area contributed by atoms with Gasteiger partial charge in [0.15, 0.2) is 0 Å². The van der Waals surface area contributed by atoms with Crippen molar-refractivity contribution in [3.05, 3.63) is 51.6 Å². The predicted octanol–water partition coefficient (Wildman–Crippen LogP) is 2.99. The Hall–Kier alpha value is -1.67. The van der Waals surface area contributed by atoms with E-state index in [0.717, 1.165) is 53.2 Å². The fraction of sp³-hybridized carbons (Fsp3) is 0.294. The molecular weight excluding hydrogens is 403 g/mol. The molecule has 1 N–H and O–H groups in total. The van der Waals surface area contributed by atoms with Crippen LogP contribution < -0.4 is 4.90 Å². The van der Waals surface area contributed by atoms with Crippen LogP contribution in [0.3, 0.4) is 0 Å². The molecule has 0 atom stereocenters. The van der Waals surface area contributed by atoms with E-state index in [9.17, 15) is 0 Å². The lowest BCUT2D eigenvalue weighted by molar-refractivity contribution is 0.122. The summed E-state index contributed by atoms with van der Waals surface area (Å²) < 4.78 is 6.53. The Kier molecular flexibility index (Phi) is 4.17. The quantitative estimate of drug-likeness (QED) is 0.663. The van der Waals surface area contributed by atoms with Gasteiger partial charge in [-0.25, -0.2) is 9.97 Å². The van der Waals surface area contributed by atoms with Crippen LogP contribution in [0.15, 0.2) is 36.7 Å². The molecule has 1 aliphatic rings. The van der Waals surface area contributed by atoms with Gasteiger partial charge in [0.2, 0.25) is 0 Å². The molecule has 6 heteroatoms. The average molecular weight is 420 g/mol. The number of aromatic amines is 1. The molecule has 0 saturated carbocycles. The van der Waals surface area contributed by atoms with Crippen molar-refractivity contribution in [2.75, 3.05) is 31.2 Å². The maximum absolute atomic E-state index is 5.40. The number of aromatic nitrogens is 3. The SMILES string of the molecule is Ic1c[nH]c2cnc(Cc3ccc(N4CCOCC4)cc3)nc12. The Bertz CT molecular complexity index is 809. The summed E-state index contributed by atoms with van der Waals surface area (Å²) in [5, 5.41) is 0. The number of ether oxygens (including phenoxy) is 1. The van der Waals surface area contributed by atoms with Crippen LogP contribution in [-0.2, 0) is 11.2 Å². The molecule has 2 aromatic heterocycles. The minimum absolute atomic E-state index is 0.751. The van der Waals surface area contributed by atoms with Crippen LogP contribution in [0.2, 0.25) is 0 Å². The lowest BCUT2D eigenvalue weighted by Gasteiger charge is -2.28. The van der Waals surface area contributed by atoms with Crippen LogP contribution in [0.25, 0.3) is 11.0 Å². The molecule has 0 bridgehead atoms. The number of hydrogen-bond donors (Lipinski definition) is 1. The lowest BCUT2D eigenvalue weighted by atomic mass is 10.1. The highest BCUT2D eigenvalue weighted by Gasteiger charge is 2.11. The Morgan fingerprint density at radius 3 is 2.74 bits per heavy atom. The van der Waals surface area contributed by atoms with Crippen molar-refractivity contribution < 1.29 is 4.74 Å². The first-order valence-corrected chi connectivity index (χ1v) is 8.77. The van der Waals surface area contributed by atoms with Gasteiger partial charge in [0.05, 0.1) is 28.5 Å². The van der Waals surface area contributed by atoms with Gasteiger partial charge in [0.25, 0.3) is 0 Å². The maximum atomic E-state index is 5.40. The fourth-order valence-corrected chi connectivity index (χ4v) is 3.40. The van der Waals surface area contributed by atoms with Gasteiger partial charge in [0.1, 0.15) is 11.3 Å². The monoisotopic (exact) mass is 420 g/mol. The number of hydrogen-bond acceptors (Lipinski definition) is 4. The van der Waals surface area contributed by atoms with Crippen molar-refractivity contribution in [2.45, 2.75) is 6.42 Å². The summed E-state index contributed by atoms with van der Waals surface area (Å²) >= 11 is 2.29. The van der Waals surface area contributed by atoms with Gasteiger partial charge in [-0.3, -0.25) is 0 Å². The number of fused-ring (bicyclic) bond motifs is 1. The van der Waals surface area contributed by atoms with Gasteiger partial charge in [-0.15, -0.1) is 0 Å². The molecule has 4 rings (SSSR count). The van der Waals surface area contributed by atoms with Crippen molar-refractivity contribution in [3.8, 4) is 0 Å². The third-order valence-electron chi connectivity index (χ3n) is 4.09. The zero-order valence-corrected chi connectivity index (χ0v) is 14.8. The number of H-pyrrole nitrogens is 1. The predicted molar refractivity (Wildman–Crippen MR) is 98.9 cm³/mol. The van der Waals surface area contributed by atoms with Crippen LogP contribution in [0, 0.1) is 3.57 Å². The number of morpholine rings is 1. The van der Waals surface area contributed by atoms with E-state index >= 15 is 0 Å². The third kappa shape index (κ3) is 3.18. The molecule has 0 aliphatic carbocycles. The van der Waals surface area contributed by atoms with E-state index in [2.05, 4.69) is 66.7 Å². The van der Waals surface area contributed by atoms with E-state index < -0.39 is 0 Å². The number of rotatable bonds is 3. The largest absolute Gasteiger partial charge is 0.378 e. The molecule has 5 nitrogen and oxygen atoms in total. The molecule has 0 unspecified atom stereocenters. The molecule has 3 heterocycles. The Labute approximate surface area is 148 Å². The molecule has 0 amide bonds. The molecule has 1 fully saturated rings. The van der Waals surface area contributed by atoms with Gasteiger partial charge >= 0.3 is 0 Å². The summed E-state index contributed by atoms with van der Waals surface area (Å²) in [5.74, 6) is 0.856. The van der Waals surface area contributed by atoms with E-state index in [-0.39, 0.29) is 0 Å². The highest BCUT2D eigenvalue weighted by molar-refractivity contribution is 14.1. The number of anilines is 1. The number of nitrogens with zero attached hydrogens (tertiary/aromatic N) is 3. The maximum Gasteiger partial charge on any atom is 0.133 e. The van der Waals surface area contributed by atoms with E-state index in [1.54, 1.807) is 0 Å². The second-order valence-corrected chi connectivity index (χ2v) is 6.79. The third-order valence-corrected chi connectivity index (χ3v) is 4.92. The normalized spacial score (nSPS) is 15.3. The van der Waals surface area contributed by atoms with Crippen molar-refractivity contribution in [3.63, 3.8) is 0 Å². The Morgan fingerprint density at radius 1 is 1.17 bits per heavy atom. The summed E-state index contributed by atoms with van der Waals surface area (Å²) in [4.78, 5) is 14.7. The van der Waals surface area contributed by atoms with Crippen molar-refractivity contribution in [2.24, 2.45) is 0 Å². The average Bonchev–Trinajstić information content (AvgIpc) is 2.97. The molecule has 118 valence electrons. The summed E-state index contributed by atoms with van der Waals surface area (Å²) in [7, 11) is 0. The van der Waals surface area contributed by atoms with Crippen LogP contribution >= 0.6 is 22.6 Å². The van der Waals surface area contributed by atoms with Crippen LogP contribution in [-0.4, -0.2) is 41.3 Å². The standard InChI is InChI=1S/C17H17IN4O/c18-14-10-19-15-11-20-16(21-17(14)15)9-12-1-3-13(4-2-12)22-5-7-23-8-6-22/h1-4,10-11,19H,5-9H2. The summed E-state index contributed by atoms with van der Waals surface area (Å²) in [6.07, 6.45) is 4.57. The van der Waals surface area contributed by atoms with Gasteiger partial charge < -0.3 is 14.6 Å². The minimum Gasteiger partial charge on any atom is -0.378 e. The highest BCUT2D eigenvalue weighted by Crippen LogP contribution is 2.20. The highest BCUT2D eigenvalue weighted by atomic mass is 127. The molecular formula is C17H17IN4O. The summed E-state index contributed by atoms with van der Waals surface area (Å²) in [5.41, 5.74) is 4.47. The first kappa shape index (κ1) is 14.9. The van der Waals surface area contributed by atoms with E-state index in [0.29, 0.717) is 0 Å². The summed E-state index contributed by atoms with van der Waals surface area (Å²) in [6, 6.07) is 8.69. The molecule has 1 aliphatic heterocycles. The molecule has 23 heavy (non-hydrogen) atoms. The van der Waals surface area contributed by atoms with Gasteiger partial charge in [-0.2, -0.15) is 0 Å². The second kappa shape index (κ2) is 6.45. The first-order valence-electron chi connectivity index (χ1n) is 7.70. The smallest absolute Gasteiger partial charge is 0.133 e. The Morgan fingerprint density at radius 2 is 1.96 bits per heavy atom. The van der Waals surface area contributed by atoms with E-state index in [1.165, 1.54) is 11.3 Å². The van der Waals surface area contributed by atoms with Crippen LogP contribution in [0.4, 0.5) is 5.69 Å². The topological polar surface area (TPSA) is 54.0 Å². The molecule has 1 saturated heterocycles. The Balaban J connectivity index is 1.52. The van der Waals surface area contributed by atoms with E-state index in [1.807, 2.05) is 12.4 Å². The van der Waals surface area contributed by atoms with Crippen LogP contribution in [0.5, 0.6) is 0 Å². The zero-order valence-electron chi connectivity index (χ0n) is 12.6. The minimum atomic E-state index is 0.751.